The molecule has 126 valence electrons. The summed E-state index contributed by atoms with van der Waals surface area (Å²) in [4.78, 5) is 28.3. The number of ether oxygens (including phenoxy) is 1. The van der Waals surface area contributed by atoms with E-state index >= 15 is 0 Å². The Morgan fingerprint density at radius 2 is 2.33 bits per heavy atom. The van der Waals surface area contributed by atoms with Crippen LogP contribution in [0.15, 0.2) is 28.9 Å². The number of carbonyl (C=O) groups excluding carboxylic acids is 2. The molecule has 0 spiro atoms. The van der Waals surface area contributed by atoms with Crippen LogP contribution in [-0.4, -0.2) is 36.2 Å². The van der Waals surface area contributed by atoms with Crippen LogP contribution in [0.4, 0.5) is 20.9 Å². The zero-order valence-corrected chi connectivity index (χ0v) is 12.8. The minimum Gasteiger partial charge on any atom is -0.442 e. The second kappa shape index (κ2) is 6.19. The van der Waals surface area contributed by atoms with E-state index in [-0.39, 0.29) is 36.3 Å². The molecule has 8 nitrogen and oxygen atoms in total. The van der Waals surface area contributed by atoms with Crippen LogP contribution in [0.1, 0.15) is 6.92 Å². The number of oxazole rings is 1. The third-order valence-corrected chi connectivity index (χ3v) is 3.51. The molecule has 1 saturated heterocycles. The molecule has 1 aromatic carbocycles. The van der Waals surface area contributed by atoms with Crippen molar-refractivity contribution in [2.45, 2.75) is 13.0 Å². The van der Waals surface area contributed by atoms with Crippen LogP contribution < -0.4 is 16.0 Å². The summed E-state index contributed by atoms with van der Waals surface area (Å²) in [5.41, 5.74) is 6.00. The van der Waals surface area contributed by atoms with Gasteiger partial charge in [-0.25, -0.2) is 9.18 Å². The molecule has 3 rings (SSSR count). The molecule has 0 radical (unpaired) electrons. The largest absolute Gasteiger partial charge is 0.442 e. The number of carbonyl (C=O) groups is 2. The SMILES string of the molecule is CC(=O)NCC1CN(c2cccc(F)c2-c2coc(N)n2)C(=O)O1. The van der Waals surface area contributed by atoms with Crippen molar-refractivity contribution in [3.8, 4) is 11.3 Å². The molecule has 0 aliphatic carbocycles. The molecular weight excluding hydrogens is 319 g/mol. The second-order valence-corrected chi connectivity index (χ2v) is 5.26. The normalized spacial score (nSPS) is 17.0. The summed E-state index contributed by atoms with van der Waals surface area (Å²) >= 11 is 0. The van der Waals surface area contributed by atoms with Gasteiger partial charge >= 0.3 is 6.09 Å². The van der Waals surface area contributed by atoms with Gasteiger partial charge in [0.1, 0.15) is 23.9 Å². The third kappa shape index (κ3) is 3.00. The molecule has 1 aliphatic rings. The molecule has 0 saturated carbocycles. The van der Waals surface area contributed by atoms with Gasteiger partial charge in [0.25, 0.3) is 6.01 Å². The fraction of sp³-hybridized carbons (Fsp3) is 0.267. The molecule has 2 heterocycles. The number of aromatic nitrogens is 1. The summed E-state index contributed by atoms with van der Waals surface area (Å²) in [5.74, 6) is -0.798. The van der Waals surface area contributed by atoms with Gasteiger partial charge in [-0.05, 0) is 12.1 Å². The zero-order valence-electron chi connectivity index (χ0n) is 12.8. The average Bonchev–Trinajstić information content (AvgIpc) is 3.11. The number of hydrogen-bond acceptors (Lipinski definition) is 6. The number of halogens is 1. The zero-order chi connectivity index (χ0) is 17.3. The maximum Gasteiger partial charge on any atom is 0.414 e. The van der Waals surface area contributed by atoms with Gasteiger partial charge in [0.15, 0.2) is 0 Å². The molecule has 2 amide bonds. The van der Waals surface area contributed by atoms with Crippen molar-refractivity contribution < 1.29 is 23.1 Å². The van der Waals surface area contributed by atoms with E-state index in [2.05, 4.69) is 10.3 Å². The van der Waals surface area contributed by atoms with E-state index in [1.54, 1.807) is 6.07 Å². The predicted octanol–water partition coefficient (Wildman–Crippen LogP) is 1.52. The van der Waals surface area contributed by atoms with Gasteiger partial charge in [-0.3, -0.25) is 9.69 Å². The molecule has 24 heavy (non-hydrogen) atoms. The van der Waals surface area contributed by atoms with E-state index < -0.39 is 18.0 Å². The highest BCUT2D eigenvalue weighted by Gasteiger charge is 2.34. The molecule has 0 bridgehead atoms. The van der Waals surface area contributed by atoms with Crippen molar-refractivity contribution in [3.05, 3.63) is 30.3 Å². The summed E-state index contributed by atoms with van der Waals surface area (Å²) in [7, 11) is 0. The van der Waals surface area contributed by atoms with Crippen LogP contribution in [0, 0.1) is 5.82 Å². The lowest BCUT2D eigenvalue weighted by atomic mass is 10.1. The minimum atomic E-state index is -0.631. The summed E-state index contributed by atoms with van der Waals surface area (Å²) in [6, 6.07) is 4.20. The monoisotopic (exact) mass is 334 g/mol. The predicted molar refractivity (Wildman–Crippen MR) is 82.6 cm³/mol. The van der Waals surface area contributed by atoms with Crippen LogP contribution in [0.3, 0.4) is 0 Å². The van der Waals surface area contributed by atoms with E-state index in [4.69, 9.17) is 14.9 Å². The number of nitrogens with zero attached hydrogens (tertiary/aromatic N) is 2. The average molecular weight is 334 g/mol. The number of nitrogens with one attached hydrogen (secondary N) is 1. The molecule has 1 aromatic heterocycles. The number of hydrogen-bond donors (Lipinski definition) is 2. The second-order valence-electron chi connectivity index (χ2n) is 5.26. The Bertz CT molecular complexity index is 792. The first kappa shape index (κ1) is 15.8. The molecule has 1 unspecified atom stereocenters. The number of cyclic esters (lactones) is 1. The minimum absolute atomic E-state index is 0.0927. The molecule has 1 aliphatic heterocycles. The first-order valence-electron chi connectivity index (χ1n) is 7.18. The van der Waals surface area contributed by atoms with Crippen molar-refractivity contribution in [2.75, 3.05) is 23.7 Å². The molecular formula is C15H15FN4O4. The molecule has 2 aromatic rings. The highest BCUT2D eigenvalue weighted by Crippen LogP contribution is 2.35. The highest BCUT2D eigenvalue weighted by molar-refractivity contribution is 5.95. The molecule has 3 N–H and O–H groups in total. The lowest BCUT2D eigenvalue weighted by Gasteiger charge is -2.17. The number of nitrogen functional groups attached to an aromatic ring is 1. The smallest absolute Gasteiger partial charge is 0.414 e. The Hall–Kier alpha value is -3.10. The van der Waals surface area contributed by atoms with E-state index in [9.17, 15) is 14.0 Å². The Morgan fingerprint density at radius 1 is 1.54 bits per heavy atom. The fourth-order valence-electron chi connectivity index (χ4n) is 2.48. The summed E-state index contributed by atoms with van der Waals surface area (Å²) in [5, 5.41) is 2.58. The molecule has 9 heteroatoms. The van der Waals surface area contributed by atoms with Gasteiger partial charge in [0.05, 0.1) is 24.3 Å². The summed E-state index contributed by atoms with van der Waals surface area (Å²) in [6.45, 7) is 1.72. The van der Waals surface area contributed by atoms with Crippen LogP contribution in [0.2, 0.25) is 0 Å². The van der Waals surface area contributed by atoms with Gasteiger partial charge in [0.2, 0.25) is 5.91 Å². The highest BCUT2D eigenvalue weighted by atomic mass is 19.1. The van der Waals surface area contributed by atoms with Gasteiger partial charge in [-0.1, -0.05) is 6.07 Å². The topological polar surface area (TPSA) is 111 Å². The standard InChI is InChI=1S/C15H15FN4O4/c1-8(21)18-5-9-6-20(15(22)24-9)12-4-2-3-10(16)13(12)11-7-23-14(17)19-11/h2-4,7,9H,5-6H2,1H3,(H2,17,19)(H,18,21). The lowest BCUT2D eigenvalue weighted by molar-refractivity contribution is -0.119. The first-order valence-corrected chi connectivity index (χ1v) is 7.18. The first-order chi connectivity index (χ1) is 11.5. The van der Waals surface area contributed by atoms with Crippen LogP contribution in [-0.2, 0) is 9.53 Å². The lowest BCUT2D eigenvalue weighted by Crippen LogP contribution is -2.33. The number of anilines is 2. The van der Waals surface area contributed by atoms with Crippen LogP contribution in [0.25, 0.3) is 11.3 Å². The Balaban J connectivity index is 1.91. The van der Waals surface area contributed by atoms with Gasteiger partial charge in [0, 0.05) is 6.92 Å². The number of benzene rings is 1. The Morgan fingerprint density at radius 3 is 3.00 bits per heavy atom. The van der Waals surface area contributed by atoms with Gasteiger partial charge in [-0.15, -0.1) is 0 Å². The van der Waals surface area contributed by atoms with Crippen molar-refractivity contribution in [3.63, 3.8) is 0 Å². The quantitative estimate of drug-likeness (QED) is 0.877. The summed E-state index contributed by atoms with van der Waals surface area (Å²) < 4.78 is 24.4. The van der Waals surface area contributed by atoms with Crippen molar-refractivity contribution in [1.29, 1.82) is 0 Å². The fourth-order valence-corrected chi connectivity index (χ4v) is 2.48. The maximum atomic E-state index is 14.3. The van der Waals surface area contributed by atoms with E-state index in [0.717, 1.165) is 0 Å². The maximum absolute atomic E-state index is 14.3. The van der Waals surface area contributed by atoms with Crippen LogP contribution in [0.5, 0.6) is 0 Å². The summed E-state index contributed by atoms with van der Waals surface area (Å²) in [6.07, 6.45) is 0.0570. The molecule has 1 atom stereocenters. The van der Waals surface area contributed by atoms with Gasteiger partial charge in [-0.2, -0.15) is 4.98 Å². The Labute approximate surface area is 136 Å². The molecule has 1 fully saturated rings. The number of amides is 2. The van der Waals surface area contributed by atoms with E-state index in [1.165, 1.54) is 30.2 Å². The Kier molecular flexibility index (Phi) is 4.07. The third-order valence-electron chi connectivity index (χ3n) is 3.51. The van der Waals surface area contributed by atoms with E-state index in [1.807, 2.05) is 0 Å². The van der Waals surface area contributed by atoms with Crippen LogP contribution >= 0.6 is 0 Å². The van der Waals surface area contributed by atoms with Crippen molar-refractivity contribution in [1.82, 2.24) is 10.3 Å². The van der Waals surface area contributed by atoms with Crippen molar-refractivity contribution >= 4 is 23.7 Å². The van der Waals surface area contributed by atoms with Gasteiger partial charge < -0.3 is 20.2 Å². The number of rotatable bonds is 4. The van der Waals surface area contributed by atoms with Crippen molar-refractivity contribution in [2.24, 2.45) is 0 Å². The van der Waals surface area contributed by atoms with E-state index in [0.29, 0.717) is 5.69 Å². The number of nitrogens with two attached hydrogens (primary N) is 1.